The summed E-state index contributed by atoms with van der Waals surface area (Å²) in [6, 6.07) is 1.09. The van der Waals surface area contributed by atoms with Gasteiger partial charge in [-0.1, -0.05) is 0 Å². The highest BCUT2D eigenvalue weighted by molar-refractivity contribution is 5.02. The number of hydrogen-bond donors (Lipinski definition) is 0. The lowest BCUT2D eigenvalue weighted by Gasteiger charge is -2.57. The number of ether oxygens (including phenoxy) is 3. The molecule has 6 heterocycles. The van der Waals surface area contributed by atoms with E-state index < -0.39 is 0 Å². The normalized spacial score (nSPS) is 42.4. The van der Waals surface area contributed by atoms with Gasteiger partial charge in [0.1, 0.15) is 5.72 Å². The molecule has 0 aromatic heterocycles. The summed E-state index contributed by atoms with van der Waals surface area (Å²) < 4.78 is 21.3. The van der Waals surface area contributed by atoms with Gasteiger partial charge in [0.05, 0.1) is 23.4 Å². The first-order valence-electron chi connectivity index (χ1n) is 17.4. The molecule has 6 aliphatic rings. The van der Waals surface area contributed by atoms with E-state index in [1.807, 2.05) is 0 Å². The average Bonchev–Trinajstić information content (AvgIpc) is 2.95. The predicted molar refractivity (Wildman–Crippen MR) is 162 cm³/mol. The molecule has 0 amide bonds. The zero-order valence-corrected chi connectivity index (χ0v) is 26.7. The van der Waals surface area contributed by atoms with Gasteiger partial charge in [-0.25, -0.2) is 0 Å². The molecule has 0 aliphatic carbocycles. The summed E-state index contributed by atoms with van der Waals surface area (Å²) in [4.78, 5) is 7.93. The van der Waals surface area contributed by atoms with Crippen molar-refractivity contribution in [1.82, 2.24) is 14.7 Å². The Morgan fingerprint density at radius 1 is 0.675 bits per heavy atom. The summed E-state index contributed by atoms with van der Waals surface area (Å²) in [5.41, 5.74) is 0.0741. The SMILES string of the molecule is CC(C)N1CC(C2CCCC3(CCN(C)CC3)O2)CC2(CCCC(C3CCN(C(C)C)C4(CCCCO4)C3)O2)C1. The van der Waals surface area contributed by atoms with E-state index >= 15 is 0 Å². The molecule has 40 heavy (non-hydrogen) atoms. The molecule has 6 aliphatic heterocycles. The number of rotatable bonds is 4. The van der Waals surface area contributed by atoms with Gasteiger partial charge < -0.3 is 19.1 Å². The molecule has 6 rings (SSSR count). The van der Waals surface area contributed by atoms with Gasteiger partial charge in [0.25, 0.3) is 0 Å². The zero-order chi connectivity index (χ0) is 28.0. The molecule has 6 atom stereocenters. The highest BCUT2D eigenvalue weighted by Crippen LogP contribution is 2.49. The third-order valence-electron chi connectivity index (χ3n) is 12.1. The molecular weight excluding hydrogens is 498 g/mol. The maximum atomic E-state index is 7.46. The predicted octanol–water partition coefficient (Wildman–Crippen LogP) is 6.08. The number of piperidine rings is 3. The molecule has 6 nitrogen and oxygen atoms in total. The van der Waals surface area contributed by atoms with Crippen LogP contribution in [0.3, 0.4) is 0 Å². The first-order valence-corrected chi connectivity index (χ1v) is 17.4. The van der Waals surface area contributed by atoms with Crippen LogP contribution in [0.1, 0.15) is 118 Å². The van der Waals surface area contributed by atoms with Crippen molar-refractivity contribution in [2.45, 2.75) is 159 Å². The van der Waals surface area contributed by atoms with Crippen molar-refractivity contribution in [3.8, 4) is 0 Å². The van der Waals surface area contributed by atoms with Crippen LogP contribution in [0.25, 0.3) is 0 Å². The van der Waals surface area contributed by atoms with Crippen molar-refractivity contribution in [3.63, 3.8) is 0 Å². The second-order valence-electron chi connectivity index (χ2n) is 15.5. The molecule has 6 fully saturated rings. The summed E-state index contributed by atoms with van der Waals surface area (Å²) in [5, 5.41) is 0. The van der Waals surface area contributed by atoms with Crippen molar-refractivity contribution in [2.75, 3.05) is 46.4 Å². The second kappa shape index (κ2) is 12.0. The Morgan fingerprint density at radius 3 is 2.05 bits per heavy atom. The molecule has 0 bridgehead atoms. The Balaban J connectivity index is 1.17. The van der Waals surface area contributed by atoms with Crippen molar-refractivity contribution in [2.24, 2.45) is 11.8 Å². The van der Waals surface area contributed by atoms with Crippen LogP contribution in [0.2, 0.25) is 0 Å². The third kappa shape index (κ3) is 6.06. The monoisotopic (exact) mass is 559 g/mol. The van der Waals surface area contributed by atoms with Gasteiger partial charge >= 0.3 is 0 Å². The number of likely N-dealkylation sites (tertiary alicyclic amines) is 3. The first kappa shape index (κ1) is 29.8. The molecule has 0 saturated carbocycles. The highest BCUT2D eigenvalue weighted by Gasteiger charge is 2.52. The van der Waals surface area contributed by atoms with E-state index in [4.69, 9.17) is 14.2 Å². The van der Waals surface area contributed by atoms with Crippen LogP contribution in [-0.2, 0) is 14.2 Å². The van der Waals surface area contributed by atoms with Crippen LogP contribution in [0.5, 0.6) is 0 Å². The van der Waals surface area contributed by atoms with E-state index in [0.29, 0.717) is 36.1 Å². The van der Waals surface area contributed by atoms with Gasteiger partial charge in [-0.2, -0.15) is 0 Å². The highest BCUT2D eigenvalue weighted by atomic mass is 16.5. The minimum absolute atomic E-state index is 0.00732. The quantitative estimate of drug-likeness (QED) is 0.416. The Morgan fingerprint density at radius 2 is 1.38 bits per heavy atom. The first-order chi connectivity index (χ1) is 19.2. The standard InChI is InChI=1S/C34H61N3O3/c1-26(2)36-24-29(31-11-8-13-32(39-31)16-19-35(5)20-17-32)22-33(25-36)14-9-10-30(40-33)28-12-18-37(27(3)4)34(23-28)15-6-7-21-38-34/h26-31H,6-25H2,1-5H3. The lowest BCUT2D eigenvalue weighted by molar-refractivity contribution is -0.247. The fraction of sp³-hybridized carbons (Fsp3) is 1.00. The molecule has 6 unspecified atom stereocenters. The lowest BCUT2D eigenvalue weighted by Crippen LogP contribution is -2.63. The van der Waals surface area contributed by atoms with Crippen LogP contribution < -0.4 is 0 Å². The van der Waals surface area contributed by atoms with Crippen molar-refractivity contribution >= 4 is 0 Å². The van der Waals surface area contributed by atoms with E-state index in [2.05, 4.69) is 49.4 Å². The van der Waals surface area contributed by atoms with Crippen LogP contribution in [0, 0.1) is 11.8 Å². The van der Waals surface area contributed by atoms with E-state index in [0.717, 1.165) is 26.1 Å². The van der Waals surface area contributed by atoms with Gasteiger partial charge in [0.2, 0.25) is 0 Å². The second-order valence-corrected chi connectivity index (χ2v) is 15.5. The van der Waals surface area contributed by atoms with Crippen molar-refractivity contribution in [1.29, 1.82) is 0 Å². The van der Waals surface area contributed by atoms with Crippen molar-refractivity contribution < 1.29 is 14.2 Å². The van der Waals surface area contributed by atoms with Gasteiger partial charge in [0, 0.05) is 57.3 Å². The van der Waals surface area contributed by atoms with E-state index in [-0.39, 0.29) is 16.9 Å². The topological polar surface area (TPSA) is 37.4 Å². The maximum Gasteiger partial charge on any atom is 0.122 e. The number of nitrogens with zero attached hydrogens (tertiary/aromatic N) is 3. The zero-order valence-electron chi connectivity index (χ0n) is 26.7. The summed E-state index contributed by atoms with van der Waals surface area (Å²) >= 11 is 0. The molecule has 0 aromatic rings. The fourth-order valence-corrected chi connectivity index (χ4v) is 9.85. The largest absolute Gasteiger partial charge is 0.371 e. The smallest absolute Gasteiger partial charge is 0.122 e. The maximum absolute atomic E-state index is 7.46. The molecular formula is C34H61N3O3. The summed E-state index contributed by atoms with van der Waals surface area (Å²) in [6.45, 7) is 16.2. The van der Waals surface area contributed by atoms with E-state index in [9.17, 15) is 0 Å². The third-order valence-corrected chi connectivity index (χ3v) is 12.1. The van der Waals surface area contributed by atoms with Crippen LogP contribution in [-0.4, -0.2) is 102 Å². The minimum atomic E-state index is -0.0549. The Hall–Kier alpha value is -0.240. The van der Waals surface area contributed by atoms with Gasteiger partial charge in [-0.3, -0.25) is 9.80 Å². The molecule has 0 N–H and O–H groups in total. The average molecular weight is 560 g/mol. The van der Waals surface area contributed by atoms with Gasteiger partial charge in [0.15, 0.2) is 0 Å². The molecule has 0 aromatic carbocycles. The Labute approximate surface area is 245 Å². The van der Waals surface area contributed by atoms with E-state index in [1.165, 1.54) is 103 Å². The molecule has 6 heteroatoms. The summed E-state index contributed by atoms with van der Waals surface area (Å²) in [7, 11) is 2.27. The van der Waals surface area contributed by atoms with Gasteiger partial charge in [-0.05, 0) is 131 Å². The Bertz CT molecular complexity index is 836. The van der Waals surface area contributed by atoms with E-state index in [1.54, 1.807) is 0 Å². The van der Waals surface area contributed by atoms with Crippen molar-refractivity contribution in [3.05, 3.63) is 0 Å². The summed E-state index contributed by atoms with van der Waals surface area (Å²) in [5.74, 6) is 1.20. The van der Waals surface area contributed by atoms with Crippen LogP contribution in [0.4, 0.5) is 0 Å². The Kier molecular flexibility index (Phi) is 8.97. The molecule has 0 radical (unpaired) electrons. The van der Waals surface area contributed by atoms with Crippen LogP contribution in [0.15, 0.2) is 0 Å². The minimum Gasteiger partial charge on any atom is -0.371 e. The number of hydrogen-bond acceptors (Lipinski definition) is 6. The van der Waals surface area contributed by atoms with Gasteiger partial charge in [-0.15, -0.1) is 0 Å². The fourth-order valence-electron chi connectivity index (χ4n) is 9.85. The molecule has 3 spiro atoms. The summed E-state index contributed by atoms with van der Waals surface area (Å²) in [6.07, 6.45) is 18.1. The van der Waals surface area contributed by atoms with Crippen LogP contribution >= 0.6 is 0 Å². The molecule has 6 saturated heterocycles. The lowest BCUT2D eigenvalue weighted by atomic mass is 9.72. The molecule has 230 valence electrons.